The number of rotatable bonds is 13. The molecule has 0 radical (unpaired) electrons. The number of benzene rings is 1. The van der Waals surface area contributed by atoms with Crippen LogP contribution in [0.1, 0.15) is 26.3 Å². The number of hydrogen-bond donors (Lipinski definition) is 1. The average Bonchev–Trinajstić information content (AvgIpc) is 3.39. The van der Waals surface area contributed by atoms with Crippen LogP contribution in [0.2, 0.25) is 0 Å². The highest BCUT2D eigenvalue weighted by Gasteiger charge is 2.67. The third-order valence-corrected chi connectivity index (χ3v) is 7.21. The highest BCUT2D eigenvalue weighted by molar-refractivity contribution is 5.79. The molecule has 0 aliphatic carbocycles. The van der Waals surface area contributed by atoms with Gasteiger partial charge in [-0.1, -0.05) is 18.2 Å². The lowest BCUT2D eigenvalue weighted by atomic mass is 9.59. The summed E-state index contributed by atoms with van der Waals surface area (Å²) < 4.78 is 52.9. The smallest absolute Gasteiger partial charge is 0.331 e. The number of nitrogens with zero attached hydrogens (tertiary/aromatic N) is 3. The molecule has 9 heteroatoms. The van der Waals surface area contributed by atoms with Gasteiger partial charge in [-0.05, 0) is 62.7 Å². The SMILES string of the molecule is CC(F)C(C(C)F)(C(C)F)[C@](Cc1ccc(OCCN(C)c2ccccn2)cc1)(C(=O)O)n1cccc1. The minimum atomic E-state index is -2.50. The van der Waals surface area contributed by atoms with Gasteiger partial charge in [-0.25, -0.2) is 22.9 Å². The lowest BCUT2D eigenvalue weighted by Gasteiger charge is -2.51. The largest absolute Gasteiger partial charge is 0.492 e. The average molecular weight is 518 g/mol. The van der Waals surface area contributed by atoms with E-state index in [1.165, 1.54) is 17.0 Å². The zero-order valence-electron chi connectivity index (χ0n) is 21.5. The summed E-state index contributed by atoms with van der Waals surface area (Å²) in [6.07, 6.45) is -2.13. The summed E-state index contributed by atoms with van der Waals surface area (Å²) in [6.45, 7) is 4.01. The van der Waals surface area contributed by atoms with Crippen LogP contribution in [-0.4, -0.2) is 59.3 Å². The topological polar surface area (TPSA) is 67.6 Å². The molecule has 0 spiro atoms. The summed E-state index contributed by atoms with van der Waals surface area (Å²) in [5.41, 5.74) is -4.30. The van der Waals surface area contributed by atoms with Crippen LogP contribution >= 0.6 is 0 Å². The van der Waals surface area contributed by atoms with Gasteiger partial charge < -0.3 is 19.3 Å². The van der Waals surface area contributed by atoms with E-state index in [9.17, 15) is 9.90 Å². The second-order valence-corrected chi connectivity index (χ2v) is 9.32. The molecule has 4 atom stereocenters. The van der Waals surface area contributed by atoms with E-state index in [4.69, 9.17) is 4.74 Å². The van der Waals surface area contributed by atoms with Crippen molar-refractivity contribution < 1.29 is 27.8 Å². The third-order valence-electron chi connectivity index (χ3n) is 7.21. The van der Waals surface area contributed by atoms with Crippen molar-refractivity contribution in [3.63, 3.8) is 0 Å². The number of aliphatic carboxylic acids is 1. The Balaban J connectivity index is 1.88. The zero-order valence-corrected chi connectivity index (χ0v) is 21.5. The fourth-order valence-corrected chi connectivity index (χ4v) is 5.36. The highest BCUT2D eigenvalue weighted by atomic mass is 19.2. The van der Waals surface area contributed by atoms with E-state index in [-0.39, 0.29) is 6.42 Å². The lowest BCUT2D eigenvalue weighted by Crippen LogP contribution is -2.67. The van der Waals surface area contributed by atoms with Crippen LogP contribution in [0, 0.1) is 5.41 Å². The first-order valence-electron chi connectivity index (χ1n) is 12.2. The molecule has 0 saturated heterocycles. The minimum absolute atomic E-state index is 0.337. The van der Waals surface area contributed by atoms with Crippen LogP contribution in [0.3, 0.4) is 0 Å². The Bertz CT molecular complexity index is 1100. The number of halogens is 3. The summed E-state index contributed by atoms with van der Waals surface area (Å²) in [6, 6.07) is 15.3. The summed E-state index contributed by atoms with van der Waals surface area (Å²) in [4.78, 5) is 19.1. The third kappa shape index (κ3) is 5.31. The molecular weight excluding hydrogens is 483 g/mol. The Morgan fingerprint density at radius 3 is 2.08 bits per heavy atom. The number of alkyl halides is 3. The van der Waals surface area contributed by atoms with Crippen LogP contribution in [0.25, 0.3) is 0 Å². The summed E-state index contributed by atoms with van der Waals surface area (Å²) >= 11 is 0. The highest BCUT2D eigenvalue weighted by Crippen LogP contribution is 2.52. The van der Waals surface area contributed by atoms with Gasteiger partial charge in [0.2, 0.25) is 0 Å². The van der Waals surface area contributed by atoms with Crippen LogP contribution in [0.15, 0.2) is 73.2 Å². The van der Waals surface area contributed by atoms with Crippen LogP contribution < -0.4 is 9.64 Å². The van der Waals surface area contributed by atoms with Gasteiger partial charge in [0.25, 0.3) is 0 Å². The number of hydrogen-bond acceptors (Lipinski definition) is 4. The maximum Gasteiger partial charge on any atom is 0.331 e. The Labute approximate surface area is 215 Å². The molecule has 3 unspecified atom stereocenters. The number of pyridine rings is 1. The number of likely N-dealkylation sites (N-methyl/N-ethyl adjacent to an activating group) is 1. The van der Waals surface area contributed by atoms with Crippen molar-refractivity contribution in [2.24, 2.45) is 5.41 Å². The van der Waals surface area contributed by atoms with Gasteiger partial charge >= 0.3 is 5.97 Å². The molecule has 0 bridgehead atoms. The number of anilines is 1. The number of carbonyl (C=O) groups is 1. The maximum atomic E-state index is 15.3. The van der Waals surface area contributed by atoms with Crippen molar-refractivity contribution in [2.45, 2.75) is 51.2 Å². The minimum Gasteiger partial charge on any atom is -0.492 e. The van der Waals surface area contributed by atoms with Gasteiger partial charge in [0.1, 0.15) is 36.7 Å². The normalized spacial score (nSPS) is 17.2. The number of carboxylic acid groups (broad SMARTS) is 1. The van der Waals surface area contributed by atoms with Crippen molar-refractivity contribution in [1.29, 1.82) is 0 Å². The molecule has 3 rings (SSSR count). The monoisotopic (exact) mass is 517 g/mol. The van der Waals surface area contributed by atoms with Gasteiger partial charge in [0.15, 0.2) is 5.54 Å². The van der Waals surface area contributed by atoms with Crippen LogP contribution in [-0.2, 0) is 16.8 Å². The van der Waals surface area contributed by atoms with Gasteiger partial charge in [-0.2, -0.15) is 0 Å². The predicted molar refractivity (Wildman–Crippen MR) is 137 cm³/mol. The number of aromatic nitrogens is 2. The quantitative estimate of drug-likeness (QED) is 0.325. The molecule has 0 fully saturated rings. The molecule has 200 valence electrons. The first-order valence-corrected chi connectivity index (χ1v) is 12.2. The molecule has 0 amide bonds. The zero-order chi connectivity index (χ0) is 27.2. The van der Waals surface area contributed by atoms with Gasteiger partial charge in [0, 0.05) is 32.1 Å². The van der Waals surface area contributed by atoms with Crippen molar-refractivity contribution in [1.82, 2.24) is 9.55 Å². The molecule has 3 aromatic rings. The Hall–Kier alpha value is -3.49. The van der Waals surface area contributed by atoms with E-state index in [2.05, 4.69) is 4.98 Å². The van der Waals surface area contributed by atoms with E-state index in [1.54, 1.807) is 42.6 Å². The van der Waals surface area contributed by atoms with E-state index in [1.807, 2.05) is 30.1 Å². The molecule has 6 nitrogen and oxygen atoms in total. The molecule has 0 aliphatic heterocycles. The van der Waals surface area contributed by atoms with Crippen LogP contribution in [0.5, 0.6) is 5.75 Å². The van der Waals surface area contributed by atoms with Crippen molar-refractivity contribution in [2.75, 3.05) is 25.1 Å². The number of ether oxygens (including phenoxy) is 1. The Kier molecular flexibility index (Phi) is 8.89. The van der Waals surface area contributed by atoms with E-state index < -0.39 is 35.4 Å². The fourth-order valence-electron chi connectivity index (χ4n) is 5.36. The molecule has 2 aromatic heterocycles. The van der Waals surface area contributed by atoms with Crippen molar-refractivity contribution in [3.05, 3.63) is 78.8 Å². The van der Waals surface area contributed by atoms with Crippen LogP contribution in [0.4, 0.5) is 19.0 Å². The molecule has 0 saturated carbocycles. The first-order chi connectivity index (χ1) is 17.6. The standard InChI is InChI=1S/C28H34F3N3O3/c1-20(29)28(21(2)30,22(3)31)27(26(35)36,34-15-7-8-16-34)19-23-10-12-24(13-11-23)37-18-17-33(4)25-9-5-6-14-32-25/h5-16,20-22H,17-19H2,1-4H3,(H,35,36)/t20?,21?,22?,27-,28?/m0/s1. The van der Waals surface area contributed by atoms with Crippen molar-refractivity contribution >= 4 is 11.8 Å². The van der Waals surface area contributed by atoms with E-state index >= 15 is 13.2 Å². The predicted octanol–water partition coefficient (Wildman–Crippen LogP) is 5.48. The summed E-state index contributed by atoms with van der Waals surface area (Å²) in [5.74, 6) is -0.158. The lowest BCUT2D eigenvalue weighted by molar-refractivity contribution is -0.178. The second-order valence-electron chi connectivity index (χ2n) is 9.32. The molecule has 1 aromatic carbocycles. The molecule has 1 N–H and O–H groups in total. The molecule has 2 heterocycles. The molecule has 0 aliphatic rings. The maximum absolute atomic E-state index is 15.3. The molecule has 37 heavy (non-hydrogen) atoms. The number of carboxylic acids is 1. The van der Waals surface area contributed by atoms with Crippen molar-refractivity contribution in [3.8, 4) is 5.75 Å². The Morgan fingerprint density at radius 2 is 1.59 bits per heavy atom. The van der Waals surface area contributed by atoms with E-state index in [0.717, 1.165) is 26.6 Å². The van der Waals surface area contributed by atoms with Gasteiger partial charge in [-0.3, -0.25) is 0 Å². The van der Waals surface area contributed by atoms with Gasteiger partial charge in [0.05, 0.1) is 12.0 Å². The fraction of sp³-hybridized carbons (Fsp3) is 0.429. The summed E-state index contributed by atoms with van der Waals surface area (Å²) in [5, 5.41) is 10.5. The first kappa shape index (κ1) is 28.1. The van der Waals surface area contributed by atoms with E-state index in [0.29, 0.717) is 24.5 Å². The second kappa shape index (κ2) is 11.7. The summed E-state index contributed by atoms with van der Waals surface area (Å²) in [7, 11) is 1.90. The Morgan fingerprint density at radius 1 is 1.00 bits per heavy atom. The van der Waals surface area contributed by atoms with Gasteiger partial charge in [-0.15, -0.1) is 0 Å². The molecular formula is C28H34F3N3O3.